The molecule has 1 aromatic carbocycles. The summed E-state index contributed by atoms with van der Waals surface area (Å²) in [6.07, 6.45) is 3.20. The molecule has 0 unspecified atom stereocenters. The van der Waals surface area contributed by atoms with Crippen LogP contribution in [0.4, 0.5) is 0 Å². The second-order valence-electron chi connectivity index (χ2n) is 3.27. The fraction of sp³-hybridized carbons (Fsp3) is 0.300. The Bertz CT molecular complexity index is 386. The van der Waals surface area contributed by atoms with Crippen molar-refractivity contribution in [3.63, 3.8) is 0 Å². The zero-order chi connectivity index (χ0) is 12.0. The quantitative estimate of drug-likeness (QED) is 0.464. The molecule has 0 amide bonds. The van der Waals surface area contributed by atoms with Gasteiger partial charge in [0.15, 0.2) is 0 Å². The maximum Gasteiger partial charge on any atom is 0.341 e. The molecule has 16 heavy (non-hydrogen) atoms. The van der Waals surface area contributed by atoms with Crippen molar-refractivity contribution in [3.05, 3.63) is 29.8 Å². The van der Waals surface area contributed by atoms with E-state index in [4.69, 9.17) is 43.2 Å². The molecule has 86 valence electrons. The van der Waals surface area contributed by atoms with E-state index in [0.29, 0.717) is 11.8 Å². The number of halogens is 3. The first-order valence-corrected chi connectivity index (χ1v) is 9.98. The summed E-state index contributed by atoms with van der Waals surface area (Å²) in [5, 5.41) is 8.47. The van der Waals surface area contributed by atoms with Crippen molar-refractivity contribution in [1.82, 2.24) is 0 Å². The molecule has 0 saturated carbocycles. The average molecular weight is 295 g/mol. The molecule has 0 radical (unpaired) electrons. The molecule has 0 aliphatic rings. The van der Waals surface area contributed by atoms with E-state index in [1.54, 1.807) is 12.3 Å². The topological polar surface area (TPSA) is 33.0 Å². The van der Waals surface area contributed by atoms with Gasteiger partial charge in [0.05, 0.1) is 0 Å². The minimum atomic E-state index is -2.54. The number of ether oxygens (including phenoxy) is 1. The largest absolute Gasteiger partial charge is 0.388 e. The van der Waals surface area contributed by atoms with Crippen molar-refractivity contribution >= 4 is 39.2 Å². The van der Waals surface area contributed by atoms with E-state index in [1.807, 2.05) is 18.2 Å². The van der Waals surface area contributed by atoms with Crippen molar-refractivity contribution in [2.75, 3.05) is 0 Å². The lowest BCUT2D eigenvalue weighted by molar-refractivity contribution is 0.499. The van der Waals surface area contributed by atoms with Gasteiger partial charge in [-0.1, -0.05) is 18.2 Å². The Labute approximate surface area is 110 Å². The van der Waals surface area contributed by atoms with Gasteiger partial charge in [0.25, 0.3) is 6.26 Å². The molecular weight excluding hydrogens is 285 g/mol. The van der Waals surface area contributed by atoms with Gasteiger partial charge in [0.2, 0.25) is 0 Å². The molecule has 0 aliphatic heterocycles. The van der Waals surface area contributed by atoms with E-state index in [1.165, 1.54) is 0 Å². The summed E-state index contributed by atoms with van der Waals surface area (Å²) in [7, 11) is 0. The molecule has 1 rings (SSSR count). The third-order valence-electron chi connectivity index (χ3n) is 2.03. The van der Waals surface area contributed by atoms with Crippen molar-refractivity contribution in [3.8, 4) is 12.0 Å². The fourth-order valence-corrected chi connectivity index (χ4v) is 3.12. The predicted molar refractivity (Wildman–Crippen MR) is 69.1 cm³/mol. The number of hydrogen-bond acceptors (Lipinski definition) is 2. The third-order valence-corrected chi connectivity index (χ3v) is 4.66. The van der Waals surface area contributed by atoms with Crippen LogP contribution in [0.3, 0.4) is 0 Å². The van der Waals surface area contributed by atoms with E-state index in [0.717, 1.165) is 18.4 Å². The summed E-state index contributed by atoms with van der Waals surface area (Å²) in [6, 6.07) is 5.45. The van der Waals surface area contributed by atoms with Gasteiger partial charge >= 0.3 is 6.00 Å². The molecule has 6 heteroatoms. The van der Waals surface area contributed by atoms with Crippen LogP contribution in [0, 0.1) is 11.5 Å². The summed E-state index contributed by atoms with van der Waals surface area (Å²) in [5.74, 6) is 0.580. The SMILES string of the molecule is N#COc1ccccc1CCC[Si](Cl)(Cl)Cl. The molecule has 0 spiro atoms. The Balaban J connectivity index is 2.57. The van der Waals surface area contributed by atoms with Crippen LogP contribution in [-0.2, 0) is 6.42 Å². The lowest BCUT2D eigenvalue weighted by Crippen LogP contribution is -2.08. The summed E-state index contributed by atoms with van der Waals surface area (Å²) in [4.78, 5) is 0. The van der Waals surface area contributed by atoms with Crippen molar-refractivity contribution in [2.24, 2.45) is 0 Å². The van der Waals surface area contributed by atoms with Gasteiger partial charge in [-0.05, 0) is 30.5 Å². The highest BCUT2D eigenvalue weighted by Crippen LogP contribution is 2.28. The standard InChI is InChI=1S/C10H10Cl3NOSi/c11-16(12,13)7-3-5-9-4-1-2-6-10(9)15-8-14/h1-2,4,6H,3,5,7H2. The highest BCUT2D eigenvalue weighted by atomic mass is 35.8. The summed E-state index contributed by atoms with van der Waals surface area (Å²) in [6.45, 7) is 0. The number of para-hydroxylation sites is 1. The van der Waals surface area contributed by atoms with Gasteiger partial charge in [-0.2, -0.15) is 0 Å². The first kappa shape index (κ1) is 13.7. The third kappa shape index (κ3) is 5.09. The van der Waals surface area contributed by atoms with Gasteiger partial charge in [-0.15, -0.1) is 38.5 Å². The van der Waals surface area contributed by atoms with E-state index in [2.05, 4.69) is 0 Å². The van der Waals surface area contributed by atoms with Crippen molar-refractivity contribution in [2.45, 2.75) is 18.9 Å². The summed E-state index contributed by atoms with van der Waals surface area (Å²) >= 11 is 17.4. The minimum Gasteiger partial charge on any atom is -0.388 e. The van der Waals surface area contributed by atoms with Crippen LogP contribution in [0.25, 0.3) is 0 Å². The molecule has 0 aromatic heterocycles. The van der Waals surface area contributed by atoms with Crippen LogP contribution in [0.5, 0.6) is 5.75 Å². The average Bonchev–Trinajstić information content (AvgIpc) is 2.19. The van der Waals surface area contributed by atoms with Crippen LogP contribution < -0.4 is 4.74 Å². The number of nitriles is 1. The van der Waals surface area contributed by atoms with Crippen LogP contribution in [-0.4, -0.2) is 6.00 Å². The van der Waals surface area contributed by atoms with E-state index >= 15 is 0 Å². The normalized spacial score (nSPS) is 10.9. The van der Waals surface area contributed by atoms with E-state index < -0.39 is 6.00 Å². The molecule has 0 N–H and O–H groups in total. The Hall–Kier alpha value is -0.403. The Morgan fingerprint density at radius 3 is 2.56 bits per heavy atom. The summed E-state index contributed by atoms with van der Waals surface area (Å²) < 4.78 is 4.84. The maximum atomic E-state index is 8.47. The number of hydrogen-bond donors (Lipinski definition) is 0. The van der Waals surface area contributed by atoms with E-state index in [9.17, 15) is 0 Å². The molecule has 0 saturated heterocycles. The molecule has 0 bridgehead atoms. The second kappa shape index (κ2) is 6.36. The van der Waals surface area contributed by atoms with Crippen molar-refractivity contribution in [1.29, 1.82) is 5.26 Å². The molecule has 0 heterocycles. The molecule has 0 fully saturated rings. The van der Waals surface area contributed by atoms with Gasteiger partial charge in [0.1, 0.15) is 5.75 Å². The first-order valence-electron chi connectivity index (χ1n) is 4.73. The molecule has 2 nitrogen and oxygen atoms in total. The lowest BCUT2D eigenvalue weighted by Gasteiger charge is -2.08. The number of aryl methyl sites for hydroxylation is 1. The second-order valence-corrected chi connectivity index (χ2v) is 12.5. The Morgan fingerprint density at radius 2 is 1.94 bits per heavy atom. The Morgan fingerprint density at radius 1 is 1.25 bits per heavy atom. The number of rotatable bonds is 5. The molecule has 1 aromatic rings. The Kier molecular flexibility index (Phi) is 5.43. The van der Waals surface area contributed by atoms with Gasteiger partial charge < -0.3 is 4.74 Å². The first-order chi connectivity index (χ1) is 7.53. The van der Waals surface area contributed by atoms with Crippen LogP contribution >= 0.6 is 33.2 Å². The highest BCUT2D eigenvalue weighted by molar-refractivity contribution is 7.64. The summed E-state index contributed by atoms with van der Waals surface area (Å²) in [5.41, 5.74) is 0.965. The molecule has 0 aliphatic carbocycles. The van der Waals surface area contributed by atoms with Gasteiger partial charge in [-0.25, -0.2) is 0 Å². The zero-order valence-electron chi connectivity index (χ0n) is 8.42. The minimum absolute atomic E-state index is 0.580. The predicted octanol–water partition coefficient (Wildman–Crippen LogP) is 4.13. The maximum absolute atomic E-state index is 8.47. The lowest BCUT2D eigenvalue weighted by atomic mass is 10.1. The fourth-order valence-electron chi connectivity index (χ4n) is 1.34. The van der Waals surface area contributed by atoms with Gasteiger partial charge in [-0.3, -0.25) is 0 Å². The van der Waals surface area contributed by atoms with Gasteiger partial charge in [0, 0.05) is 0 Å². The smallest absolute Gasteiger partial charge is 0.341 e. The van der Waals surface area contributed by atoms with Crippen LogP contribution in [0.15, 0.2) is 24.3 Å². The highest BCUT2D eigenvalue weighted by Gasteiger charge is 2.23. The van der Waals surface area contributed by atoms with Crippen LogP contribution in [0.2, 0.25) is 6.04 Å². The number of benzene rings is 1. The van der Waals surface area contributed by atoms with Crippen LogP contribution in [0.1, 0.15) is 12.0 Å². The van der Waals surface area contributed by atoms with Crippen molar-refractivity contribution < 1.29 is 4.74 Å². The van der Waals surface area contributed by atoms with E-state index in [-0.39, 0.29) is 0 Å². The molecular formula is C10H10Cl3NOSi. The zero-order valence-corrected chi connectivity index (χ0v) is 11.7. The monoisotopic (exact) mass is 293 g/mol. The number of nitrogens with zero attached hydrogens (tertiary/aromatic N) is 1. The molecule has 0 atom stereocenters.